The van der Waals surface area contributed by atoms with E-state index in [-0.39, 0.29) is 11.2 Å². The van der Waals surface area contributed by atoms with Gasteiger partial charge in [-0.25, -0.2) is 0 Å². The SMILES string of the molecule is CC(C)(C)OC1CCCC(CC(C)(C)OC2CC3(CCCC3)C2)C1. The molecule has 3 aliphatic rings. The van der Waals surface area contributed by atoms with Gasteiger partial charge in [0.2, 0.25) is 0 Å². The van der Waals surface area contributed by atoms with E-state index in [1.54, 1.807) is 0 Å². The molecule has 2 unspecified atom stereocenters. The van der Waals surface area contributed by atoms with Crippen LogP contribution in [0.2, 0.25) is 0 Å². The van der Waals surface area contributed by atoms with E-state index in [9.17, 15) is 0 Å². The molecular formula is C22H40O2. The Bertz CT molecular complexity index is 406. The van der Waals surface area contributed by atoms with E-state index in [1.165, 1.54) is 70.6 Å². The van der Waals surface area contributed by atoms with Crippen LogP contribution in [0.1, 0.15) is 105 Å². The highest BCUT2D eigenvalue weighted by atomic mass is 16.5. The molecule has 0 radical (unpaired) electrons. The van der Waals surface area contributed by atoms with Crippen LogP contribution in [0.3, 0.4) is 0 Å². The molecule has 0 aromatic carbocycles. The normalized spacial score (nSPS) is 31.4. The first-order valence-corrected chi connectivity index (χ1v) is 10.5. The van der Waals surface area contributed by atoms with Gasteiger partial charge < -0.3 is 9.47 Å². The summed E-state index contributed by atoms with van der Waals surface area (Å²) in [5.74, 6) is 0.765. The Kier molecular flexibility index (Phi) is 5.39. The molecule has 140 valence electrons. The van der Waals surface area contributed by atoms with Gasteiger partial charge in [0.1, 0.15) is 0 Å². The van der Waals surface area contributed by atoms with Crippen molar-refractivity contribution < 1.29 is 9.47 Å². The lowest BCUT2D eigenvalue weighted by molar-refractivity contribution is -0.159. The minimum atomic E-state index is -0.0138. The summed E-state index contributed by atoms with van der Waals surface area (Å²) in [7, 11) is 0. The topological polar surface area (TPSA) is 18.5 Å². The molecule has 0 aromatic heterocycles. The van der Waals surface area contributed by atoms with Gasteiger partial charge in [-0.05, 0) is 90.9 Å². The van der Waals surface area contributed by atoms with Gasteiger partial charge >= 0.3 is 0 Å². The van der Waals surface area contributed by atoms with Crippen molar-refractivity contribution in [3.63, 3.8) is 0 Å². The third-order valence-electron chi connectivity index (χ3n) is 6.51. The molecule has 0 bridgehead atoms. The zero-order valence-electron chi connectivity index (χ0n) is 16.8. The first-order valence-electron chi connectivity index (χ1n) is 10.5. The lowest BCUT2D eigenvalue weighted by atomic mass is 9.65. The molecule has 24 heavy (non-hydrogen) atoms. The Hall–Kier alpha value is -0.0800. The molecule has 3 fully saturated rings. The van der Waals surface area contributed by atoms with Gasteiger partial charge in [0.15, 0.2) is 0 Å². The standard InChI is InChI=1S/C22H40O2/c1-20(2,3)23-18-10-8-9-17(13-18)14-21(4,5)24-19-15-22(16-19)11-6-7-12-22/h17-19H,6-16H2,1-5H3. The molecule has 3 aliphatic carbocycles. The van der Waals surface area contributed by atoms with Crippen molar-refractivity contribution in [3.8, 4) is 0 Å². The highest BCUT2D eigenvalue weighted by molar-refractivity contribution is 4.98. The zero-order chi connectivity index (χ0) is 17.4. The Morgan fingerprint density at radius 3 is 2.12 bits per heavy atom. The van der Waals surface area contributed by atoms with Crippen LogP contribution >= 0.6 is 0 Å². The number of hydrogen-bond donors (Lipinski definition) is 0. The van der Waals surface area contributed by atoms with Gasteiger partial charge in [0.05, 0.1) is 23.4 Å². The van der Waals surface area contributed by atoms with Crippen molar-refractivity contribution in [2.24, 2.45) is 11.3 Å². The smallest absolute Gasteiger partial charge is 0.0632 e. The van der Waals surface area contributed by atoms with E-state index >= 15 is 0 Å². The average Bonchev–Trinajstić information content (AvgIpc) is 2.85. The molecule has 2 nitrogen and oxygen atoms in total. The van der Waals surface area contributed by atoms with Crippen LogP contribution in [0.5, 0.6) is 0 Å². The second-order valence-corrected chi connectivity index (χ2v) is 10.7. The summed E-state index contributed by atoms with van der Waals surface area (Å²) in [4.78, 5) is 0. The van der Waals surface area contributed by atoms with Gasteiger partial charge in [-0.3, -0.25) is 0 Å². The lowest BCUT2D eigenvalue weighted by Gasteiger charge is -2.48. The third-order valence-corrected chi connectivity index (χ3v) is 6.51. The lowest BCUT2D eigenvalue weighted by Crippen LogP contribution is -2.45. The highest BCUT2D eigenvalue weighted by Gasteiger charge is 2.47. The molecule has 0 aromatic rings. The van der Waals surface area contributed by atoms with Crippen LogP contribution in [0.4, 0.5) is 0 Å². The number of rotatable bonds is 5. The monoisotopic (exact) mass is 336 g/mol. The molecule has 0 N–H and O–H groups in total. The fraction of sp³-hybridized carbons (Fsp3) is 1.00. The Balaban J connectivity index is 1.44. The van der Waals surface area contributed by atoms with Crippen molar-refractivity contribution in [2.45, 2.75) is 129 Å². The predicted octanol–water partition coefficient (Wildman–Crippen LogP) is 6.27. The number of hydrogen-bond acceptors (Lipinski definition) is 2. The molecule has 0 aliphatic heterocycles. The third kappa shape index (κ3) is 4.97. The van der Waals surface area contributed by atoms with Gasteiger partial charge in [-0.2, -0.15) is 0 Å². The highest BCUT2D eigenvalue weighted by Crippen LogP contribution is 2.55. The second kappa shape index (κ2) is 6.91. The molecule has 0 saturated heterocycles. The first-order chi connectivity index (χ1) is 11.1. The van der Waals surface area contributed by atoms with Crippen LogP contribution in [-0.4, -0.2) is 23.4 Å². The van der Waals surface area contributed by atoms with Crippen molar-refractivity contribution in [2.75, 3.05) is 0 Å². The quantitative estimate of drug-likeness (QED) is 0.589. The molecule has 0 heterocycles. The maximum absolute atomic E-state index is 6.56. The van der Waals surface area contributed by atoms with Crippen LogP contribution < -0.4 is 0 Å². The van der Waals surface area contributed by atoms with E-state index in [4.69, 9.17) is 9.47 Å². The van der Waals surface area contributed by atoms with Gasteiger partial charge in [0.25, 0.3) is 0 Å². The van der Waals surface area contributed by atoms with Crippen molar-refractivity contribution in [1.82, 2.24) is 0 Å². The van der Waals surface area contributed by atoms with Crippen LogP contribution in [0, 0.1) is 11.3 Å². The van der Waals surface area contributed by atoms with E-state index in [0.717, 1.165) is 5.92 Å². The minimum Gasteiger partial charge on any atom is -0.373 e. The second-order valence-electron chi connectivity index (χ2n) is 10.7. The molecule has 2 atom stereocenters. The predicted molar refractivity (Wildman–Crippen MR) is 100 cm³/mol. The van der Waals surface area contributed by atoms with Crippen LogP contribution in [-0.2, 0) is 9.47 Å². The fourth-order valence-electron chi connectivity index (χ4n) is 5.75. The van der Waals surface area contributed by atoms with Crippen molar-refractivity contribution in [1.29, 1.82) is 0 Å². The molecule has 0 amide bonds. The summed E-state index contributed by atoms with van der Waals surface area (Å²) in [5, 5.41) is 0. The number of ether oxygens (including phenoxy) is 2. The zero-order valence-corrected chi connectivity index (χ0v) is 16.8. The molecule has 2 heteroatoms. The van der Waals surface area contributed by atoms with Crippen molar-refractivity contribution >= 4 is 0 Å². The maximum Gasteiger partial charge on any atom is 0.0632 e. The summed E-state index contributed by atoms with van der Waals surface area (Å²) in [6.07, 6.45) is 15.8. The average molecular weight is 337 g/mol. The van der Waals surface area contributed by atoms with Gasteiger partial charge in [0, 0.05) is 0 Å². The minimum absolute atomic E-state index is 0.0138. The summed E-state index contributed by atoms with van der Waals surface area (Å²) in [6.45, 7) is 11.2. The van der Waals surface area contributed by atoms with Crippen molar-refractivity contribution in [3.05, 3.63) is 0 Å². The Morgan fingerprint density at radius 1 is 0.833 bits per heavy atom. The summed E-state index contributed by atoms with van der Waals surface area (Å²) < 4.78 is 12.8. The van der Waals surface area contributed by atoms with Gasteiger partial charge in [-0.1, -0.05) is 25.7 Å². The molecule has 3 saturated carbocycles. The molecular weight excluding hydrogens is 296 g/mol. The van der Waals surface area contributed by atoms with E-state index in [0.29, 0.717) is 17.6 Å². The summed E-state index contributed by atoms with van der Waals surface area (Å²) >= 11 is 0. The summed E-state index contributed by atoms with van der Waals surface area (Å²) in [5.41, 5.74) is 0.705. The maximum atomic E-state index is 6.56. The van der Waals surface area contributed by atoms with Crippen LogP contribution in [0.25, 0.3) is 0 Å². The molecule has 3 rings (SSSR count). The van der Waals surface area contributed by atoms with E-state index in [1.807, 2.05) is 0 Å². The summed E-state index contributed by atoms with van der Waals surface area (Å²) in [6, 6.07) is 0. The van der Waals surface area contributed by atoms with E-state index in [2.05, 4.69) is 34.6 Å². The fourth-order valence-corrected chi connectivity index (χ4v) is 5.75. The Morgan fingerprint density at radius 2 is 1.50 bits per heavy atom. The first kappa shape index (κ1) is 18.7. The molecule has 1 spiro atoms. The largest absolute Gasteiger partial charge is 0.373 e. The van der Waals surface area contributed by atoms with Gasteiger partial charge in [-0.15, -0.1) is 0 Å². The Labute approximate surface area is 150 Å². The van der Waals surface area contributed by atoms with E-state index < -0.39 is 0 Å². The van der Waals surface area contributed by atoms with Crippen LogP contribution in [0.15, 0.2) is 0 Å².